The van der Waals surface area contributed by atoms with Crippen LogP contribution in [0.1, 0.15) is 0 Å². The number of benzene rings is 14. The maximum atomic E-state index is 2.36. The van der Waals surface area contributed by atoms with Crippen molar-refractivity contribution in [3.8, 4) is 11.1 Å². The molecule has 14 rings (SSSR count). The van der Waals surface area contributed by atoms with E-state index in [9.17, 15) is 0 Å². The Bertz CT molecular complexity index is 4170. The molecule has 0 spiro atoms. The van der Waals surface area contributed by atoms with Gasteiger partial charge in [-0.2, -0.15) is 0 Å². The monoisotopic (exact) mass is 1020 g/mol. The molecule has 0 bridgehead atoms. The third kappa shape index (κ3) is 9.42. The number of hydrogen-bond acceptors (Lipinski definition) is 4. The van der Waals surface area contributed by atoms with Crippen molar-refractivity contribution >= 4 is 111 Å². The number of para-hydroxylation sites is 2. The molecule has 0 atom stereocenters. The fourth-order valence-corrected chi connectivity index (χ4v) is 11.3. The predicted octanol–water partition coefficient (Wildman–Crippen LogP) is 21.8. The zero-order chi connectivity index (χ0) is 53.2. The van der Waals surface area contributed by atoms with Gasteiger partial charge >= 0.3 is 0 Å². The second-order valence-electron chi connectivity index (χ2n) is 20.3. The number of fused-ring (bicyclic) bond motifs is 4. The highest BCUT2D eigenvalue weighted by Crippen LogP contribution is 2.44. The molecule has 0 aliphatic carbocycles. The van der Waals surface area contributed by atoms with Gasteiger partial charge in [0.25, 0.3) is 0 Å². The Morgan fingerprint density at radius 2 is 0.300 bits per heavy atom. The van der Waals surface area contributed by atoms with E-state index in [1.165, 1.54) is 43.1 Å². The van der Waals surface area contributed by atoms with Crippen molar-refractivity contribution < 1.29 is 0 Å². The summed E-state index contributed by atoms with van der Waals surface area (Å²) in [6.07, 6.45) is 0. The normalized spacial score (nSPS) is 11.2. The summed E-state index contributed by atoms with van der Waals surface area (Å²) in [5, 5.41) is 9.66. The van der Waals surface area contributed by atoms with E-state index >= 15 is 0 Å². The van der Waals surface area contributed by atoms with Gasteiger partial charge in [-0.05, 0) is 200 Å². The first-order chi connectivity index (χ1) is 39.6. The van der Waals surface area contributed by atoms with E-state index in [0.29, 0.717) is 0 Å². The second kappa shape index (κ2) is 21.0. The lowest BCUT2D eigenvalue weighted by Crippen LogP contribution is -2.12. The summed E-state index contributed by atoms with van der Waals surface area (Å²) in [5.74, 6) is 0. The lowest BCUT2D eigenvalue weighted by Gasteiger charge is -2.29. The van der Waals surface area contributed by atoms with Crippen molar-refractivity contribution in [3.63, 3.8) is 0 Å². The molecule has 0 saturated heterocycles. The van der Waals surface area contributed by atoms with Crippen molar-refractivity contribution in [2.45, 2.75) is 0 Å². The summed E-state index contributed by atoms with van der Waals surface area (Å²) in [5.41, 5.74) is 15.3. The molecule has 0 amide bonds. The van der Waals surface area contributed by atoms with Crippen LogP contribution in [0.25, 0.3) is 54.2 Å². The molecule has 0 aliphatic rings. The van der Waals surface area contributed by atoms with Gasteiger partial charge in [0, 0.05) is 68.2 Å². The Morgan fingerprint density at radius 1 is 0.125 bits per heavy atom. The Hall–Kier alpha value is -10.7. The van der Waals surface area contributed by atoms with Gasteiger partial charge in [0.05, 0.1) is 0 Å². The van der Waals surface area contributed by atoms with Crippen LogP contribution in [-0.2, 0) is 0 Å². The van der Waals surface area contributed by atoms with E-state index in [1.807, 2.05) is 0 Å². The van der Waals surface area contributed by atoms with Gasteiger partial charge in [-0.25, -0.2) is 0 Å². The topological polar surface area (TPSA) is 13.0 Å². The van der Waals surface area contributed by atoms with Gasteiger partial charge in [0.2, 0.25) is 0 Å². The summed E-state index contributed by atoms with van der Waals surface area (Å²) in [7, 11) is 0. The number of anilines is 12. The molecular weight excluding hydrogens is 969 g/mol. The number of rotatable bonds is 13. The zero-order valence-corrected chi connectivity index (χ0v) is 44.0. The van der Waals surface area contributed by atoms with Crippen LogP contribution < -0.4 is 19.6 Å². The van der Waals surface area contributed by atoms with Crippen molar-refractivity contribution in [1.82, 2.24) is 0 Å². The van der Waals surface area contributed by atoms with Gasteiger partial charge in [-0.3, -0.25) is 0 Å². The Kier molecular flexibility index (Phi) is 12.6. The third-order valence-electron chi connectivity index (χ3n) is 15.3. The van der Waals surface area contributed by atoms with Gasteiger partial charge in [-0.1, -0.05) is 182 Å². The summed E-state index contributed by atoms with van der Waals surface area (Å²) < 4.78 is 0. The van der Waals surface area contributed by atoms with Crippen LogP contribution in [0.4, 0.5) is 68.2 Å². The molecule has 0 aromatic heterocycles. The smallest absolute Gasteiger partial charge is 0.0468 e. The molecule has 80 heavy (non-hydrogen) atoms. The molecule has 4 heteroatoms. The van der Waals surface area contributed by atoms with Crippen LogP contribution in [0.15, 0.2) is 328 Å². The van der Waals surface area contributed by atoms with Crippen LogP contribution in [0.3, 0.4) is 0 Å². The zero-order valence-electron chi connectivity index (χ0n) is 44.0. The first-order valence-corrected chi connectivity index (χ1v) is 27.3. The SMILES string of the molecule is c1ccc(N(c2ccc(N(c3ccc(-c4ccc(N(c5ccc(N(c6ccccc6)c6ccc7ccccc7c6)cc5)c5ccc6ccccc6c5)cc4)cc3)c3ccc4ccccc4c3)cc2)c2ccc3ccccc3c2)cc1. The summed E-state index contributed by atoms with van der Waals surface area (Å²) in [4.78, 5) is 9.39. The van der Waals surface area contributed by atoms with Crippen molar-refractivity contribution in [1.29, 1.82) is 0 Å². The van der Waals surface area contributed by atoms with E-state index in [4.69, 9.17) is 0 Å². The van der Waals surface area contributed by atoms with Crippen LogP contribution in [0.5, 0.6) is 0 Å². The van der Waals surface area contributed by atoms with Crippen LogP contribution in [0.2, 0.25) is 0 Å². The number of nitrogens with zero attached hydrogens (tertiary/aromatic N) is 4. The predicted molar refractivity (Wildman–Crippen MR) is 341 cm³/mol. The highest BCUT2D eigenvalue weighted by atomic mass is 15.2. The standard InChI is InChI=1S/C76H54N4/c1-3-23-65(24-4-1)77(73-39-31-55-15-7-11-19-61(55)51-73)69-43-47-71(48-44-69)79(75-41-33-57-17-9-13-21-63(57)53-75)67-35-27-59(28-36-67)60-29-37-68(38-30-60)80(76-42-34-58-18-10-14-22-64(58)54-76)72-49-45-70(46-50-72)78(66-25-5-2-6-26-66)74-40-32-56-16-8-12-20-62(56)52-74/h1-54H. The van der Waals surface area contributed by atoms with Crippen molar-refractivity contribution in [3.05, 3.63) is 328 Å². The molecular formula is C76H54N4. The van der Waals surface area contributed by atoms with E-state index in [1.54, 1.807) is 0 Å². The van der Waals surface area contributed by atoms with Crippen molar-refractivity contribution in [2.24, 2.45) is 0 Å². The third-order valence-corrected chi connectivity index (χ3v) is 15.3. The largest absolute Gasteiger partial charge is 0.310 e. The minimum Gasteiger partial charge on any atom is -0.310 e. The van der Waals surface area contributed by atoms with E-state index < -0.39 is 0 Å². The second-order valence-corrected chi connectivity index (χ2v) is 20.3. The van der Waals surface area contributed by atoms with E-state index in [2.05, 4.69) is 347 Å². The average molecular weight is 1020 g/mol. The highest BCUT2D eigenvalue weighted by molar-refractivity contribution is 5.94. The first kappa shape index (κ1) is 47.7. The summed E-state index contributed by atoms with van der Waals surface area (Å²) >= 11 is 0. The van der Waals surface area contributed by atoms with E-state index in [0.717, 1.165) is 79.4 Å². The fraction of sp³-hybridized carbons (Fsp3) is 0. The molecule has 14 aromatic carbocycles. The molecule has 0 aliphatic heterocycles. The molecule has 0 fully saturated rings. The van der Waals surface area contributed by atoms with Crippen LogP contribution in [-0.4, -0.2) is 0 Å². The minimum absolute atomic E-state index is 1.07. The molecule has 0 radical (unpaired) electrons. The minimum atomic E-state index is 1.07. The molecule has 0 saturated carbocycles. The summed E-state index contributed by atoms with van der Waals surface area (Å²) in [6, 6.07) is 118. The lowest BCUT2D eigenvalue weighted by atomic mass is 10.0. The van der Waals surface area contributed by atoms with Crippen LogP contribution in [0, 0.1) is 0 Å². The summed E-state index contributed by atoms with van der Waals surface area (Å²) in [6.45, 7) is 0. The molecule has 378 valence electrons. The molecule has 0 N–H and O–H groups in total. The highest BCUT2D eigenvalue weighted by Gasteiger charge is 2.20. The maximum Gasteiger partial charge on any atom is 0.0468 e. The molecule has 0 heterocycles. The fourth-order valence-electron chi connectivity index (χ4n) is 11.3. The molecule has 14 aromatic rings. The van der Waals surface area contributed by atoms with E-state index in [-0.39, 0.29) is 0 Å². The van der Waals surface area contributed by atoms with Gasteiger partial charge in [0.1, 0.15) is 0 Å². The number of hydrogen-bond donors (Lipinski definition) is 0. The Balaban J connectivity index is 0.797. The average Bonchev–Trinajstić information content (AvgIpc) is 3.56. The van der Waals surface area contributed by atoms with Gasteiger partial charge in [-0.15, -0.1) is 0 Å². The van der Waals surface area contributed by atoms with Gasteiger partial charge in [0.15, 0.2) is 0 Å². The quantitative estimate of drug-likeness (QED) is 0.114. The Morgan fingerprint density at radius 3 is 0.537 bits per heavy atom. The molecule has 0 unspecified atom stereocenters. The Labute approximate surface area is 467 Å². The lowest BCUT2D eigenvalue weighted by molar-refractivity contribution is 1.26. The molecule has 4 nitrogen and oxygen atoms in total. The maximum absolute atomic E-state index is 2.36. The van der Waals surface area contributed by atoms with Crippen LogP contribution >= 0.6 is 0 Å². The van der Waals surface area contributed by atoms with Gasteiger partial charge < -0.3 is 19.6 Å². The first-order valence-electron chi connectivity index (χ1n) is 27.3. The van der Waals surface area contributed by atoms with Crippen molar-refractivity contribution in [2.75, 3.05) is 19.6 Å².